The molecule has 0 amide bonds. The van der Waals surface area contributed by atoms with Gasteiger partial charge in [-0.15, -0.1) is 0 Å². The van der Waals surface area contributed by atoms with E-state index < -0.39 is 10.0 Å². The third-order valence-electron chi connectivity index (χ3n) is 5.04. The van der Waals surface area contributed by atoms with E-state index >= 15 is 0 Å². The van der Waals surface area contributed by atoms with E-state index in [1.165, 1.54) is 0 Å². The van der Waals surface area contributed by atoms with Crippen molar-refractivity contribution in [3.05, 3.63) is 48.1 Å². The first-order chi connectivity index (χ1) is 13.5. The van der Waals surface area contributed by atoms with E-state index in [1.807, 2.05) is 19.2 Å². The van der Waals surface area contributed by atoms with Gasteiger partial charge in [-0.25, -0.2) is 8.42 Å². The van der Waals surface area contributed by atoms with Crippen LogP contribution in [0, 0.1) is 13.8 Å². The number of hydrogen-bond donors (Lipinski definition) is 1. The number of aromatic amines is 1. The first-order valence-corrected chi connectivity index (χ1v) is 10.7. The summed E-state index contributed by atoms with van der Waals surface area (Å²) in [5.74, 6) is 0.855. The highest BCUT2D eigenvalue weighted by Gasteiger charge is 2.31. The zero-order valence-corrected chi connectivity index (χ0v) is 16.7. The van der Waals surface area contributed by atoms with E-state index in [0.717, 1.165) is 24.2 Å². The molecule has 3 aromatic rings. The smallest absolute Gasteiger partial charge is 0.246 e. The van der Waals surface area contributed by atoms with E-state index in [0.29, 0.717) is 36.8 Å². The third kappa shape index (κ3) is 3.43. The maximum atomic E-state index is 13.3. The Kier molecular flexibility index (Phi) is 4.94. The van der Waals surface area contributed by atoms with Gasteiger partial charge < -0.3 is 9.32 Å². The van der Waals surface area contributed by atoms with Crippen molar-refractivity contribution in [2.75, 3.05) is 31.1 Å². The average Bonchev–Trinajstić information content (AvgIpc) is 3.26. The van der Waals surface area contributed by atoms with Crippen LogP contribution in [0.3, 0.4) is 0 Å². The fourth-order valence-corrected chi connectivity index (χ4v) is 5.21. The number of hydrogen-bond acceptors (Lipinski definition) is 6. The molecule has 0 spiro atoms. The molecule has 0 atom stereocenters. The highest BCUT2D eigenvalue weighted by atomic mass is 32.2. The van der Waals surface area contributed by atoms with Crippen molar-refractivity contribution in [2.45, 2.75) is 25.2 Å². The molecule has 0 bridgehead atoms. The van der Waals surface area contributed by atoms with E-state index in [1.54, 1.807) is 35.8 Å². The number of aromatic nitrogens is 3. The number of pyridine rings is 1. The average molecular weight is 401 g/mol. The van der Waals surface area contributed by atoms with Crippen LogP contribution >= 0.6 is 0 Å². The molecule has 1 N–H and O–H groups in total. The van der Waals surface area contributed by atoms with Crippen LogP contribution in [0.25, 0.3) is 11.5 Å². The summed E-state index contributed by atoms with van der Waals surface area (Å²) in [6, 6.07) is 5.31. The Morgan fingerprint density at radius 2 is 1.96 bits per heavy atom. The largest absolute Gasteiger partial charge is 0.458 e. The summed E-state index contributed by atoms with van der Waals surface area (Å²) in [6.45, 7) is 6.04. The van der Waals surface area contributed by atoms with Gasteiger partial charge in [0.25, 0.3) is 0 Å². The van der Waals surface area contributed by atoms with Crippen molar-refractivity contribution in [2.24, 2.45) is 0 Å². The number of sulfonamides is 1. The van der Waals surface area contributed by atoms with E-state index in [9.17, 15) is 8.42 Å². The van der Waals surface area contributed by atoms with Crippen LogP contribution in [0.5, 0.6) is 0 Å². The Bertz CT molecular complexity index is 1060. The summed E-state index contributed by atoms with van der Waals surface area (Å²) in [6.07, 6.45) is 5.96. The molecule has 4 heterocycles. The molecule has 0 saturated carbocycles. The van der Waals surface area contributed by atoms with E-state index in [4.69, 9.17) is 4.42 Å². The summed E-state index contributed by atoms with van der Waals surface area (Å²) in [7, 11) is -3.64. The van der Waals surface area contributed by atoms with Crippen LogP contribution in [-0.4, -0.2) is 54.1 Å². The molecule has 0 unspecified atom stereocenters. The maximum Gasteiger partial charge on any atom is 0.246 e. The van der Waals surface area contributed by atoms with Gasteiger partial charge in [0, 0.05) is 56.5 Å². The molecule has 1 fully saturated rings. The molecule has 28 heavy (non-hydrogen) atoms. The maximum absolute atomic E-state index is 13.3. The van der Waals surface area contributed by atoms with Gasteiger partial charge in [0.2, 0.25) is 10.0 Å². The van der Waals surface area contributed by atoms with Crippen molar-refractivity contribution in [3.63, 3.8) is 0 Å². The number of H-pyrrole nitrogens is 1. The van der Waals surface area contributed by atoms with Crippen molar-refractivity contribution >= 4 is 15.7 Å². The molecule has 8 nitrogen and oxygen atoms in total. The number of nitrogens with one attached hydrogen (secondary N) is 1. The second kappa shape index (κ2) is 7.40. The highest BCUT2D eigenvalue weighted by molar-refractivity contribution is 7.89. The van der Waals surface area contributed by atoms with E-state index in [2.05, 4.69) is 20.1 Å². The Hall–Kier alpha value is -2.65. The zero-order chi connectivity index (χ0) is 19.7. The summed E-state index contributed by atoms with van der Waals surface area (Å²) in [5, 5.41) is 6.69. The highest BCUT2D eigenvalue weighted by Crippen LogP contribution is 2.30. The monoisotopic (exact) mass is 401 g/mol. The van der Waals surface area contributed by atoms with Gasteiger partial charge in [-0.1, -0.05) is 0 Å². The summed E-state index contributed by atoms with van der Waals surface area (Å²) in [5.41, 5.74) is 2.85. The molecule has 0 aromatic carbocycles. The number of aryl methyl sites for hydroxylation is 2. The standard InChI is InChI=1S/C19H23N5O3S/c1-14-13-20-6-5-17(14)23-8-3-9-24(11-10-23)28(25,26)19-12-18(27-15(19)2)16-4-7-21-22-16/h4-7,12-13H,3,8-11H2,1-2H3,(H,21,22). The van der Waals surface area contributed by atoms with Gasteiger partial charge in [-0.05, 0) is 38.0 Å². The van der Waals surface area contributed by atoms with Gasteiger partial charge in [0.05, 0.1) is 0 Å². The second-order valence-corrected chi connectivity index (χ2v) is 8.81. The van der Waals surface area contributed by atoms with Crippen molar-refractivity contribution < 1.29 is 12.8 Å². The van der Waals surface area contributed by atoms with Crippen LogP contribution in [0.2, 0.25) is 0 Å². The summed E-state index contributed by atoms with van der Waals surface area (Å²) >= 11 is 0. The second-order valence-electron chi connectivity index (χ2n) is 6.91. The van der Waals surface area contributed by atoms with Crippen LogP contribution in [0.4, 0.5) is 5.69 Å². The van der Waals surface area contributed by atoms with Gasteiger partial charge in [-0.2, -0.15) is 9.40 Å². The molecule has 4 rings (SSSR count). The lowest BCUT2D eigenvalue weighted by Gasteiger charge is -2.24. The van der Waals surface area contributed by atoms with Crippen molar-refractivity contribution in [3.8, 4) is 11.5 Å². The number of nitrogens with zero attached hydrogens (tertiary/aromatic N) is 4. The minimum Gasteiger partial charge on any atom is -0.458 e. The third-order valence-corrected chi connectivity index (χ3v) is 7.05. The molecule has 0 radical (unpaired) electrons. The van der Waals surface area contributed by atoms with Crippen molar-refractivity contribution in [1.82, 2.24) is 19.5 Å². The van der Waals surface area contributed by atoms with Crippen LogP contribution in [-0.2, 0) is 10.0 Å². The first-order valence-electron chi connectivity index (χ1n) is 9.23. The minimum absolute atomic E-state index is 0.214. The number of rotatable bonds is 4. The predicted molar refractivity (Wildman–Crippen MR) is 106 cm³/mol. The molecule has 148 valence electrons. The Morgan fingerprint density at radius 3 is 2.71 bits per heavy atom. The SMILES string of the molecule is Cc1cnccc1N1CCCN(S(=O)(=O)c2cc(-c3ccn[nH]3)oc2C)CC1. The fraction of sp³-hybridized carbons (Fsp3) is 0.368. The minimum atomic E-state index is -3.64. The number of anilines is 1. The quantitative estimate of drug-likeness (QED) is 0.722. The Labute approximate surface area is 164 Å². The van der Waals surface area contributed by atoms with Gasteiger partial charge in [0.15, 0.2) is 5.76 Å². The molecule has 9 heteroatoms. The Balaban J connectivity index is 1.56. The normalized spacial score (nSPS) is 16.3. The lowest BCUT2D eigenvalue weighted by molar-refractivity contribution is 0.430. The number of furan rings is 1. The van der Waals surface area contributed by atoms with Crippen LogP contribution < -0.4 is 4.90 Å². The predicted octanol–water partition coefficient (Wildman–Crippen LogP) is 2.58. The molecular formula is C19H23N5O3S. The summed E-state index contributed by atoms with van der Waals surface area (Å²) < 4.78 is 33.8. The molecule has 0 aliphatic carbocycles. The molecular weight excluding hydrogens is 378 g/mol. The Morgan fingerprint density at radius 1 is 1.11 bits per heavy atom. The molecule has 1 aliphatic heterocycles. The van der Waals surface area contributed by atoms with Gasteiger partial charge >= 0.3 is 0 Å². The van der Waals surface area contributed by atoms with Gasteiger partial charge in [-0.3, -0.25) is 10.1 Å². The topological polar surface area (TPSA) is 95.3 Å². The fourth-order valence-electron chi connectivity index (χ4n) is 3.58. The molecule has 3 aromatic heterocycles. The zero-order valence-electron chi connectivity index (χ0n) is 15.9. The first kappa shape index (κ1) is 18.7. The van der Waals surface area contributed by atoms with Crippen molar-refractivity contribution in [1.29, 1.82) is 0 Å². The van der Waals surface area contributed by atoms with E-state index in [-0.39, 0.29) is 4.90 Å². The lowest BCUT2D eigenvalue weighted by Crippen LogP contribution is -2.35. The van der Waals surface area contributed by atoms with Crippen LogP contribution in [0.15, 0.2) is 46.1 Å². The lowest BCUT2D eigenvalue weighted by atomic mass is 10.2. The van der Waals surface area contributed by atoms with Gasteiger partial charge in [0.1, 0.15) is 16.3 Å². The summed E-state index contributed by atoms with van der Waals surface area (Å²) in [4.78, 5) is 6.58. The molecule has 1 aliphatic rings. The van der Waals surface area contributed by atoms with Crippen LogP contribution in [0.1, 0.15) is 17.7 Å². The molecule has 1 saturated heterocycles.